The lowest BCUT2D eigenvalue weighted by Gasteiger charge is -2.06. The molecule has 0 aliphatic carbocycles. The fraction of sp³-hybridized carbons (Fsp3) is 0.400. The minimum atomic E-state index is -4.05. The molecule has 2 amide bonds. The zero-order valence-corrected chi connectivity index (χ0v) is 20.0. The summed E-state index contributed by atoms with van der Waals surface area (Å²) in [5.41, 5.74) is 0.817. The number of aryl methyl sites for hydroxylation is 1. The number of hydrogen-bond acceptors (Lipinski definition) is 9. The van der Waals surface area contributed by atoms with E-state index in [9.17, 15) is 18.0 Å². The molecule has 13 heteroatoms. The molecule has 0 saturated carbocycles. The molecular weight excluding hydrogens is 472 g/mol. The molecule has 0 spiro atoms. The number of ether oxygens (including phenoxy) is 2. The van der Waals surface area contributed by atoms with Gasteiger partial charge in [0.2, 0.25) is 5.91 Å². The maximum absolute atomic E-state index is 12.5. The number of sulfone groups is 1. The molecule has 33 heavy (non-hydrogen) atoms. The Bertz CT molecular complexity index is 1320. The summed E-state index contributed by atoms with van der Waals surface area (Å²) in [6.45, 7) is 4.82. The molecule has 1 N–H and O–H groups in total. The topological polar surface area (TPSA) is 142 Å². The van der Waals surface area contributed by atoms with E-state index in [1.165, 1.54) is 17.4 Å². The number of amides is 2. The minimum absolute atomic E-state index is 0.0968. The molecule has 2 aromatic heterocycles. The zero-order valence-electron chi connectivity index (χ0n) is 18.4. The molecule has 0 bridgehead atoms. The van der Waals surface area contributed by atoms with Crippen molar-refractivity contribution in [3.05, 3.63) is 34.8 Å². The molecule has 0 aliphatic rings. The second-order valence-electron chi connectivity index (χ2n) is 7.00. The normalized spacial score (nSPS) is 12.3. The van der Waals surface area contributed by atoms with Gasteiger partial charge in [0.15, 0.2) is 20.5 Å². The highest BCUT2D eigenvalue weighted by Gasteiger charge is 2.22. The Morgan fingerprint density at radius 2 is 2.06 bits per heavy atom. The van der Waals surface area contributed by atoms with Crippen LogP contribution in [0.25, 0.3) is 10.2 Å². The molecule has 3 rings (SSSR count). The van der Waals surface area contributed by atoms with Crippen molar-refractivity contribution in [1.29, 1.82) is 0 Å². The van der Waals surface area contributed by atoms with Gasteiger partial charge in [-0.1, -0.05) is 16.5 Å². The van der Waals surface area contributed by atoms with E-state index >= 15 is 0 Å². The average Bonchev–Trinajstić information content (AvgIpc) is 3.27. The van der Waals surface area contributed by atoms with Crippen LogP contribution in [0.4, 0.5) is 5.82 Å². The number of nitrogens with one attached hydrogen (secondary N) is 1. The van der Waals surface area contributed by atoms with Gasteiger partial charge in [-0.2, -0.15) is 4.99 Å². The van der Waals surface area contributed by atoms with Crippen LogP contribution in [-0.4, -0.2) is 61.8 Å². The summed E-state index contributed by atoms with van der Waals surface area (Å²) < 4.78 is 42.8. The summed E-state index contributed by atoms with van der Waals surface area (Å²) in [7, 11) is -2.49. The Morgan fingerprint density at radius 1 is 1.27 bits per heavy atom. The number of aromatic nitrogens is 2. The van der Waals surface area contributed by atoms with Gasteiger partial charge in [0.25, 0.3) is 5.91 Å². The average molecular weight is 497 g/mol. The molecule has 3 aromatic rings. The Morgan fingerprint density at radius 3 is 2.73 bits per heavy atom. The second kappa shape index (κ2) is 10.7. The molecule has 0 aliphatic heterocycles. The summed E-state index contributed by atoms with van der Waals surface area (Å²) >= 11 is 1.23. The number of methoxy groups -OCH3 is 1. The highest BCUT2D eigenvalue weighted by molar-refractivity contribution is 7.92. The van der Waals surface area contributed by atoms with Crippen LogP contribution in [0.5, 0.6) is 5.75 Å². The summed E-state index contributed by atoms with van der Waals surface area (Å²) in [5, 5.41) is 5.88. The van der Waals surface area contributed by atoms with Gasteiger partial charge in [0.05, 0.1) is 23.4 Å². The lowest BCUT2D eigenvalue weighted by Crippen LogP contribution is -2.28. The van der Waals surface area contributed by atoms with Crippen molar-refractivity contribution in [2.75, 3.05) is 37.1 Å². The monoisotopic (exact) mass is 496 g/mol. The summed E-state index contributed by atoms with van der Waals surface area (Å²) in [4.78, 5) is 28.8. The van der Waals surface area contributed by atoms with Crippen molar-refractivity contribution in [3.63, 3.8) is 0 Å². The van der Waals surface area contributed by atoms with Gasteiger partial charge in [-0.3, -0.25) is 9.59 Å². The number of anilines is 1. The summed E-state index contributed by atoms with van der Waals surface area (Å²) in [6, 6.07) is 6.95. The standard InChI is InChI=1S/C20H24N4O7S2/c1-4-30-14-5-6-15-16(10-14)32-20(24(15)7-8-29-3)22-19(26)12-33(27,28)11-18(25)21-17-9-13(2)31-23-17/h5-6,9-10H,4,7-8,11-12H2,1-3H3,(H,21,23,25). The molecular formula is C20H24N4O7S2. The molecule has 2 heterocycles. The Balaban J connectivity index is 1.79. The Kier molecular flexibility index (Phi) is 8.00. The van der Waals surface area contributed by atoms with Gasteiger partial charge in [-0.05, 0) is 32.0 Å². The fourth-order valence-corrected chi connectivity index (χ4v) is 5.09. The maximum Gasteiger partial charge on any atom is 0.263 e. The van der Waals surface area contributed by atoms with Crippen molar-refractivity contribution in [3.8, 4) is 5.75 Å². The van der Waals surface area contributed by atoms with Gasteiger partial charge >= 0.3 is 0 Å². The highest BCUT2D eigenvalue weighted by Crippen LogP contribution is 2.23. The molecule has 11 nitrogen and oxygen atoms in total. The molecule has 0 fully saturated rings. The Hall–Kier alpha value is -3.03. The molecule has 178 valence electrons. The number of hydrogen-bond donors (Lipinski definition) is 1. The smallest absolute Gasteiger partial charge is 0.263 e. The van der Waals surface area contributed by atoms with Gasteiger partial charge in [-0.15, -0.1) is 0 Å². The third-order valence-electron chi connectivity index (χ3n) is 4.29. The fourth-order valence-electron chi connectivity index (χ4n) is 2.98. The number of benzene rings is 1. The van der Waals surface area contributed by atoms with E-state index in [4.69, 9.17) is 14.0 Å². The SMILES string of the molecule is CCOc1ccc2c(c1)sc(=NC(=O)CS(=O)(=O)CC(=O)Nc1cc(C)on1)n2CCOC. The van der Waals surface area contributed by atoms with E-state index in [0.717, 1.165) is 10.2 Å². The number of thiazole rings is 1. The van der Waals surface area contributed by atoms with Crippen molar-refractivity contribution >= 4 is 49.0 Å². The van der Waals surface area contributed by atoms with Crippen LogP contribution < -0.4 is 14.9 Å². The number of nitrogens with zero attached hydrogens (tertiary/aromatic N) is 3. The van der Waals surface area contributed by atoms with E-state index in [1.54, 1.807) is 18.6 Å². The lowest BCUT2D eigenvalue weighted by molar-refractivity contribution is -0.115. The van der Waals surface area contributed by atoms with E-state index in [1.807, 2.05) is 25.1 Å². The number of carbonyl (C=O) groups excluding carboxylic acids is 2. The van der Waals surface area contributed by atoms with Crippen molar-refractivity contribution < 1.29 is 32.0 Å². The summed E-state index contributed by atoms with van der Waals surface area (Å²) in [5.74, 6) is -2.24. The zero-order chi connectivity index (χ0) is 24.0. The second-order valence-corrected chi connectivity index (χ2v) is 10.1. The first-order valence-corrected chi connectivity index (χ1v) is 12.6. The molecule has 0 saturated heterocycles. The number of fused-ring (bicyclic) bond motifs is 1. The van der Waals surface area contributed by atoms with Crippen molar-refractivity contribution in [2.24, 2.45) is 4.99 Å². The lowest BCUT2D eigenvalue weighted by atomic mass is 10.3. The predicted octanol–water partition coefficient (Wildman–Crippen LogP) is 1.53. The van der Waals surface area contributed by atoms with Gasteiger partial charge in [-0.25, -0.2) is 8.42 Å². The predicted molar refractivity (Wildman–Crippen MR) is 122 cm³/mol. The molecule has 0 radical (unpaired) electrons. The molecule has 0 atom stereocenters. The quantitative estimate of drug-likeness (QED) is 0.445. The third-order valence-corrected chi connectivity index (χ3v) is 6.72. The molecule has 0 unspecified atom stereocenters. The van der Waals surface area contributed by atoms with Gasteiger partial charge < -0.3 is 23.9 Å². The van der Waals surface area contributed by atoms with Crippen LogP contribution in [0, 0.1) is 6.92 Å². The maximum atomic E-state index is 12.5. The number of rotatable bonds is 10. The van der Waals surface area contributed by atoms with Crippen LogP contribution in [0.1, 0.15) is 12.7 Å². The number of carbonyl (C=O) groups is 2. The largest absolute Gasteiger partial charge is 0.494 e. The van der Waals surface area contributed by atoms with Crippen LogP contribution in [-0.2, 0) is 30.7 Å². The van der Waals surface area contributed by atoms with Crippen molar-refractivity contribution in [2.45, 2.75) is 20.4 Å². The van der Waals surface area contributed by atoms with E-state index in [0.29, 0.717) is 36.1 Å². The van der Waals surface area contributed by atoms with E-state index < -0.39 is 33.2 Å². The highest BCUT2D eigenvalue weighted by atomic mass is 32.2. The van der Waals surface area contributed by atoms with Crippen LogP contribution >= 0.6 is 11.3 Å². The Labute approximate surface area is 193 Å². The van der Waals surface area contributed by atoms with Crippen molar-refractivity contribution in [1.82, 2.24) is 9.72 Å². The minimum Gasteiger partial charge on any atom is -0.494 e. The van der Waals surface area contributed by atoms with Crippen LogP contribution in [0.2, 0.25) is 0 Å². The van der Waals surface area contributed by atoms with Crippen LogP contribution in [0.3, 0.4) is 0 Å². The van der Waals surface area contributed by atoms with Gasteiger partial charge in [0.1, 0.15) is 23.0 Å². The summed E-state index contributed by atoms with van der Waals surface area (Å²) in [6.07, 6.45) is 0. The first-order chi connectivity index (χ1) is 15.7. The first kappa shape index (κ1) is 24.6. The third kappa shape index (κ3) is 6.73. The van der Waals surface area contributed by atoms with Crippen LogP contribution in [0.15, 0.2) is 33.8 Å². The van der Waals surface area contributed by atoms with Gasteiger partial charge in [0, 0.05) is 19.7 Å². The first-order valence-electron chi connectivity index (χ1n) is 9.97. The molecule has 1 aromatic carbocycles. The van der Waals surface area contributed by atoms with E-state index in [2.05, 4.69) is 15.5 Å². The van der Waals surface area contributed by atoms with E-state index in [-0.39, 0.29) is 5.82 Å².